The van der Waals surface area contributed by atoms with Crippen LogP contribution in [0.4, 0.5) is 26.2 Å². The molecular weight excluding hydrogens is 530 g/mol. The van der Waals surface area contributed by atoms with Crippen LogP contribution in [0.5, 0.6) is 0 Å². The van der Waals surface area contributed by atoms with Crippen molar-refractivity contribution in [3.63, 3.8) is 0 Å². The first-order valence-electron chi connectivity index (χ1n) is 13.8. The van der Waals surface area contributed by atoms with Gasteiger partial charge in [-0.2, -0.15) is 0 Å². The summed E-state index contributed by atoms with van der Waals surface area (Å²) < 4.78 is 31.7. The highest BCUT2D eigenvalue weighted by molar-refractivity contribution is 5.83. The number of rotatable bonds is 10. The molecule has 0 amide bonds. The first-order chi connectivity index (χ1) is 19.7. The van der Waals surface area contributed by atoms with Crippen molar-refractivity contribution in [3.05, 3.63) is 54.1 Å². The molecule has 0 radical (unpaired) electrons. The Morgan fingerprint density at radius 1 is 1.02 bits per heavy atom. The average Bonchev–Trinajstić information content (AvgIpc) is 3.29. The van der Waals surface area contributed by atoms with Crippen molar-refractivity contribution in [2.75, 3.05) is 42.9 Å². The number of aryl methyl sites for hydroxylation is 1. The van der Waals surface area contributed by atoms with Crippen LogP contribution in [0.15, 0.2) is 36.7 Å². The van der Waals surface area contributed by atoms with Gasteiger partial charge in [0.25, 0.3) is 0 Å². The van der Waals surface area contributed by atoms with Crippen LogP contribution in [0.2, 0.25) is 0 Å². The third kappa shape index (κ3) is 6.43. The molecule has 1 saturated heterocycles. The van der Waals surface area contributed by atoms with E-state index in [1.165, 1.54) is 6.07 Å². The molecule has 0 unspecified atom stereocenters. The zero-order valence-electron chi connectivity index (χ0n) is 23.4. The lowest BCUT2D eigenvalue weighted by molar-refractivity contribution is -0.137. The van der Waals surface area contributed by atoms with Gasteiger partial charge in [-0.25, -0.2) is 28.7 Å². The van der Waals surface area contributed by atoms with Crippen LogP contribution in [0, 0.1) is 18.6 Å². The zero-order valence-corrected chi connectivity index (χ0v) is 23.4. The maximum Gasteiger partial charge on any atom is 0.303 e. The number of carboxylic acids is 1. The second-order valence-corrected chi connectivity index (χ2v) is 10.5. The lowest BCUT2D eigenvalue weighted by Crippen LogP contribution is -2.46. The van der Waals surface area contributed by atoms with Crippen LogP contribution >= 0.6 is 0 Å². The lowest BCUT2D eigenvalue weighted by Gasteiger charge is -2.36. The van der Waals surface area contributed by atoms with Gasteiger partial charge < -0.3 is 19.9 Å². The highest BCUT2D eigenvalue weighted by Crippen LogP contribution is 2.30. The van der Waals surface area contributed by atoms with Crippen molar-refractivity contribution in [1.29, 1.82) is 0 Å². The van der Waals surface area contributed by atoms with E-state index in [4.69, 9.17) is 5.11 Å². The molecule has 1 aromatic carbocycles. The second kappa shape index (κ2) is 12.1. The Morgan fingerprint density at radius 3 is 2.49 bits per heavy atom. The third-order valence-corrected chi connectivity index (χ3v) is 7.30. The van der Waals surface area contributed by atoms with Crippen molar-refractivity contribution in [1.82, 2.24) is 29.4 Å². The maximum absolute atomic E-state index is 15.0. The number of anilines is 3. The van der Waals surface area contributed by atoms with E-state index in [9.17, 15) is 13.6 Å². The van der Waals surface area contributed by atoms with E-state index in [-0.39, 0.29) is 29.6 Å². The summed E-state index contributed by atoms with van der Waals surface area (Å²) in [5.41, 5.74) is 2.09. The van der Waals surface area contributed by atoms with Gasteiger partial charge in [-0.3, -0.25) is 9.69 Å². The monoisotopic (exact) mass is 564 g/mol. The van der Waals surface area contributed by atoms with Gasteiger partial charge in [-0.1, -0.05) is 0 Å². The first-order valence-corrected chi connectivity index (χ1v) is 13.8. The lowest BCUT2D eigenvalue weighted by atomic mass is 10.1. The van der Waals surface area contributed by atoms with Crippen LogP contribution in [0.25, 0.3) is 22.3 Å². The molecule has 0 bridgehead atoms. The largest absolute Gasteiger partial charge is 0.481 e. The number of imidazole rings is 1. The Balaban J connectivity index is 1.26. The van der Waals surface area contributed by atoms with E-state index in [0.29, 0.717) is 29.1 Å². The minimum absolute atomic E-state index is 0.0186. The second-order valence-electron chi connectivity index (χ2n) is 10.5. The molecule has 12 heteroatoms. The summed E-state index contributed by atoms with van der Waals surface area (Å²) in [6.07, 6.45) is 4.63. The number of carboxylic acid groups (broad SMARTS) is 1. The molecule has 0 spiro atoms. The molecule has 0 aliphatic carbocycles. The summed E-state index contributed by atoms with van der Waals surface area (Å²) in [5.74, 6) is -0.619. The molecule has 2 N–H and O–H groups in total. The van der Waals surface area contributed by atoms with E-state index >= 15 is 0 Å². The van der Waals surface area contributed by atoms with Gasteiger partial charge in [0.05, 0.1) is 23.6 Å². The number of hydrogen-bond acceptors (Lipinski definition) is 8. The van der Waals surface area contributed by atoms with Crippen LogP contribution < -0.4 is 10.2 Å². The van der Waals surface area contributed by atoms with Gasteiger partial charge in [-0.05, 0) is 64.4 Å². The predicted octanol–water partition coefficient (Wildman–Crippen LogP) is 5.18. The highest BCUT2D eigenvalue weighted by atomic mass is 19.1. The summed E-state index contributed by atoms with van der Waals surface area (Å²) >= 11 is 0. The molecule has 216 valence electrons. The van der Waals surface area contributed by atoms with Gasteiger partial charge in [0, 0.05) is 44.2 Å². The van der Waals surface area contributed by atoms with E-state index < -0.39 is 17.6 Å². The van der Waals surface area contributed by atoms with Gasteiger partial charge in [-0.15, -0.1) is 0 Å². The number of hydrogen-bond donors (Lipinski definition) is 2. The SMILES string of the molecule is Cc1nc2c(F)cc(-c3nc(Nc4ccc(N5CCN(CCCCC(=O)O)CC5)cn4)ncc3F)cc2n1C(C)C. The summed E-state index contributed by atoms with van der Waals surface area (Å²) in [6.45, 7) is 10.2. The summed E-state index contributed by atoms with van der Waals surface area (Å²) in [4.78, 5) is 32.5. The molecule has 3 aromatic heterocycles. The maximum atomic E-state index is 15.0. The fourth-order valence-corrected chi connectivity index (χ4v) is 5.29. The van der Waals surface area contributed by atoms with Crippen molar-refractivity contribution >= 4 is 34.5 Å². The third-order valence-electron chi connectivity index (χ3n) is 7.30. The number of nitrogens with zero attached hydrogens (tertiary/aromatic N) is 7. The molecule has 1 fully saturated rings. The van der Waals surface area contributed by atoms with Gasteiger partial charge >= 0.3 is 5.97 Å². The number of nitrogens with one attached hydrogen (secondary N) is 1. The number of benzene rings is 1. The molecule has 10 nitrogen and oxygen atoms in total. The Labute approximate surface area is 237 Å². The molecule has 1 aliphatic rings. The first kappa shape index (κ1) is 28.3. The average molecular weight is 565 g/mol. The fourth-order valence-electron chi connectivity index (χ4n) is 5.29. The van der Waals surface area contributed by atoms with Gasteiger partial charge in [0.15, 0.2) is 11.6 Å². The molecular formula is C29H34F2N8O2. The fraction of sp³-hybridized carbons (Fsp3) is 0.414. The minimum atomic E-state index is -0.745. The standard InChI is InChI=1S/C29H34F2N8O2/c1-18(2)39-19(3)34-28-22(30)14-20(15-24(28)39)27-23(31)17-33-29(36-27)35-25-8-7-21(16-32-25)38-12-10-37(11-13-38)9-5-4-6-26(40)41/h7-8,14-18H,4-6,9-13H2,1-3H3,(H,40,41)(H,32,33,35,36). The van der Waals surface area contributed by atoms with Gasteiger partial charge in [0.2, 0.25) is 5.95 Å². The topological polar surface area (TPSA) is 112 Å². The highest BCUT2D eigenvalue weighted by Gasteiger charge is 2.20. The van der Waals surface area contributed by atoms with Gasteiger partial charge in [0.1, 0.15) is 22.9 Å². The van der Waals surface area contributed by atoms with E-state index in [1.807, 2.05) is 37.5 Å². The van der Waals surface area contributed by atoms with Crippen LogP contribution in [0.1, 0.15) is 45.0 Å². The quantitative estimate of drug-likeness (QED) is 0.252. The molecule has 41 heavy (non-hydrogen) atoms. The van der Waals surface area contributed by atoms with Crippen molar-refractivity contribution in [2.24, 2.45) is 0 Å². The normalized spacial score (nSPS) is 14.2. The molecule has 0 saturated carbocycles. The Kier molecular flexibility index (Phi) is 8.39. The number of fused-ring (bicyclic) bond motifs is 1. The Morgan fingerprint density at radius 2 is 1.80 bits per heavy atom. The van der Waals surface area contributed by atoms with E-state index in [0.717, 1.165) is 51.0 Å². The predicted molar refractivity (Wildman–Crippen MR) is 153 cm³/mol. The van der Waals surface area contributed by atoms with Crippen molar-refractivity contribution in [3.8, 4) is 11.3 Å². The number of piperazine rings is 1. The van der Waals surface area contributed by atoms with Crippen molar-refractivity contribution in [2.45, 2.75) is 46.1 Å². The zero-order chi connectivity index (χ0) is 29.1. The smallest absolute Gasteiger partial charge is 0.303 e. The van der Waals surface area contributed by atoms with Crippen LogP contribution in [-0.2, 0) is 4.79 Å². The Bertz CT molecular complexity index is 1530. The molecule has 1 aliphatic heterocycles. The molecule has 5 rings (SSSR count). The van der Waals surface area contributed by atoms with Crippen LogP contribution in [0.3, 0.4) is 0 Å². The van der Waals surface area contributed by atoms with Crippen LogP contribution in [-0.4, -0.2) is 73.2 Å². The number of aromatic nitrogens is 5. The summed E-state index contributed by atoms with van der Waals surface area (Å²) in [5, 5.41) is 11.8. The molecule has 4 heterocycles. The minimum Gasteiger partial charge on any atom is -0.481 e. The number of carbonyl (C=O) groups is 1. The van der Waals surface area contributed by atoms with E-state index in [1.54, 1.807) is 12.3 Å². The Hall–Kier alpha value is -4.19. The van der Waals surface area contributed by atoms with E-state index in [2.05, 4.69) is 35.1 Å². The number of aliphatic carboxylic acids is 1. The number of pyridine rings is 1. The number of halogens is 2. The van der Waals surface area contributed by atoms with Crippen molar-refractivity contribution < 1.29 is 18.7 Å². The molecule has 0 atom stereocenters. The molecule has 4 aromatic rings. The number of unbranched alkanes of at least 4 members (excludes halogenated alkanes) is 1. The summed E-state index contributed by atoms with van der Waals surface area (Å²) in [7, 11) is 0. The summed E-state index contributed by atoms with van der Waals surface area (Å²) in [6, 6.07) is 6.78.